The molecule has 0 spiro atoms. The van der Waals surface area contributed by atoms with Crippen molar-refractivity contribution in [3.8, 4) is 0 Å². The molecule has 0 aliphatic heterocycles. The van der Waals surface area contributed by atoms with Gasteiger partial charge < -0.3 is 5.41 Å². The van der Waals surface area contributed by atoms with Crippen LogP contribution in [0.3, 0.4) is 0 Å². The van der Waals surface area contributed by atoms with Crippen LogP contribution in [-0.2, 0) is 0 Å². The summed E-state index contributed by atoms with van der Waals surface area (Å²) in [6, 6.07) is 0. The molecule has 0 heterocycles. The van der Waals surface area contributed by atoms with Gasteiger partial charge in [-0.15, -0.1) is 0 Å². The summed E-state index contributed by atoms with van der Waals surface area (Å²) in [4.78, 5) is 0. The summed E-state index contributed by atoms with van der Waals surface area (Å²) < 4.78 is 0. The lowest BCUT2D eigenvalue weighted by molar-refractivity contribution is 0.323. The third-order valence-electron chi connectivity index (χ3n) is 3.98. The van der Waals surface area contributed by atoms with Crippen molar-refractivity contribution in [2.45, 2.75) is 53.4 Å². The minimum atomic E-state index is 0.0480. The fourth-order valence-corrected chi connectivity index (χ4v) is 2.45. The summed E-state index contributed by atoms with van der Waals surface area (Å²) in [5.74, 6) is 1.00. The summed E-state index contributed by atoms with van der Waals surface area (Å²) in [6.45, 7) is 8.83. The Hall–Kier alpha value is -0.590. The van der Waals surface area contributed by atoms with Crippen LogP contribution in [0.4, 0.5) is 0 Å². The average Bonchev–Trinajstić information content (AvgIpc) is 2.28. The Balaban J connectivity index is 2.76. The normalized spacial score (nSPS) is 23.9. The van der Waals surface area contributed by atoms with Crippen molar-refractivity contribution in [2.24, 2.45) is 17.3 Å². The topological polar surface area (TPSA) is 23.9 Å². The first-order valence-electron chi connectivity index (χ1n) is 6.25. The SMILES string of the molecule is CC[C@H](C)C(=N)C(C)(C)C1C=CCCC1. The third kappa shape index (κ3) is 2.70. The van der Waals surface area contributed by atoms with E-state index >= 15 is 0 Å². The van der Waals surface area contributed by atoms with Crippen molar-refractivity contribution >= 4 is 5.71 Å². The van der Waals surface area contributed by atoms with Gasteiger partial charge in [-0.2, -0.15) is 0 Å². The van der Waals surface area contributed by atoms with E-state index < -0.39 is 0 Å². The average molecular weight is 207 g/mol. The second kappa shape index (κ2) is 4.96. The molecule has 1 N–H and O–H groups in total. The molecule has 0 radical (unpaired) electrons. The Bertz CT molecular complexity index is 250. The minimum Gasteiger partial charge on any atom is -0.309 e. The van der Waals surface area contributed by atoms with E-state index in [1.807, 2.05) is 0 Å². The van der Waals surface area contributed by atoms with Crippen molar-refractivity contribution < 1.29 is 0 Å². The highest BCUT2D eigenvalue weighted by molar-refractivity contribution is 5.89. The summed E-state index contributed by atoms with van der Waals surface area (Å²) in [7, 11) is 0. The molecule has 1 unspecified atom stereocenters. The molecule has 0 amide bonds. The van der Waals surface area contributed by atoms with E-state index in [4.69, 9.17) is 5.41 Å². The predicted molar refractivity (Wildman–Crippen MR) is 67.4 cm³/mol. The first-order chi connectivity index (χ1) is 7.00. The van der Waals surface area contributed by atoms with Crippen LogP contribution in [0, 0.1) is 22.7 Å². The lowest BCUT2D eigenvalue weighted by Gasteiger charge is -2.37. The van der Waals surface area contributed by atoms with Crippen LogP contribution >= 0.6 is 0 Å². The molecule has 1 nitrogen and oxygen atoms in total. The van der Waals surface area contributed by atoms with Gasteiger partial charge in [-0.25, -0.2) is 0 Å². The van der Waals surface area contributed by atoms with Gasteiger partial charge in [0.25, 0.3) is 0 Å². The van der Waals surface area contributed by atoms with E-state index in [1.54, 1.807) is 0 Å². The fraction of sp³-hybridized carbons (Fsp3) is 0.786. The van der Waals surface area contributed by atoms with Crippen LogP contribution in [0.15, 0.2) is 12.2 Å². The van der Waals surface area contributed by atoms with Crippen molar-refractivity contribution in [3.63, 3.8) is 0 Å². The molecule has 0 aromatic heterocycles. The van der Waals surface area contributed by atoms with Gasteiger partial charge >= 0.3 is 0 Å². The number of rotatable bonds is 4. The largest absolute Gasteiger partial charge is 0.309 e. The molecule has 86 valence electrons. The van der Waals surface area contributed by atoms with Crippen LogP contribution in [-0.4, -0.2) is 5.71 Å². The van der Waals surface area contributed by atoms with Crippen LogP contribution in [0.1, 0.15) is 53.4 Å². The molecule has 1 aliphatic rings. The molecule has 15 heavy (non-hydrogen) atoms. The van der Waals surface area contributed by atoms with E-state index in [0.717, 1.165) is 12.1 Å². The molecule has 0 saturated carbocycles. The van der Waals surface area contributed by atoms with E-state index in [2.05, 4.69) is 39.8 Å². The molecule has 0 aromatic carbocycles. The first kappa shape index (κ1) is 12.5. The predicted octanol–water partition coefficient (Wildman–Crippen LogP) is 4.43. The first-order valence-corrected chi connectivity index (χ1v) is 6.25. The van der Waals surface area contributed by atoms with Gasteiger partial charge in [-0.1, -0.05) is 39.8 Å². The monoisotopic (exact) mass is 207 g/mol. The standard InChI is InChI=1S/C14H25N/c1-5-11(2)13(15)14(3,4)12-9-7-6-8-10-12/h7,9,11-12,15H,5-6,8,10H2,1-4H3/t11-,12?/m0/s1. The summed E-state index contributed by atoms with van der Waals surface area (Å²) in [5, 5.41) is 8.30. The maximum Gasteiger partial charge on any atom is 0.0179 e. The lowest BCUT2D eigenvalue weighted by atomic mass is 9.68. The Kier molecular flexibility index (Phi) is 4.12. The summed E-state index contributed by atoms with van der Waals surface area (Å²) >= 11 is 0. The molecule has 0 saturated heterocycles. The zero-order valence-electron chi connectivity index (χ0n) is 10.6. The molecule has 1 aliphatic carbocycles. The van der Waals surface area contributed by atoms with Gasteiger partial charge in [0.1, 0.15) is 0 Å². The maximum absolute atomic E-state index is 8.30. The van der Waals surface area contributed by atoms with Gasteiger partial charge in [-0.3, -0.25) is 0 Å². The molecule has 0 fully saturated rings. The molecule has 2 atom stereocenters. The smallest absolute Gasteiger partial charge is 0.0179 e. The number of nitrogens with one attached hydrogen (secondary N) is 1. The summed E-state index contributed by atoms with van der Waals surface area (Å²) in [5.41, 5.74) is 0.980. The highest BCUT2D eigenvalue weighted by atomic mass is 14.5. The van der Waals surface area contributed by atoms with E-state index in [1.165, 1.54) is 19.3 Å². The van der Waals surface area contributed by atoms with Gasteiger partial charge in [0.05, 0.1) is 0 Å². The van der Waals surface area contributed by atoms with Crippen LogP contribution in [0.5, 0.6) is 0 Å². The third-order valence-corrected chi connectivity index (χ3v) is 3.98. The zero-order valence-corrected chi connectivity index (χ0v) is 10.6. The fourth-order valence-electron chi connectivity index (χ4n) is 2.45. The highest BCUT2D eigenvalue weighted by Gasteiger charge is 2.34. The molecular weight excluding hydrogens is 182 g/mol. The van der Waals surface area contributed by atoms with Crippen molar-refractivity contribution in [3.05, 3.63) is 12.2 Å². The minimum absolute atomic E-state index is 0.0480. The van der Waals surface area contributed by atoms with E-state index in [9.17, 15) is 0 Å². The maximum atomic E-state index is 8.30. The van der Waals surface area contributed by atoms with Crippen molar-refractivity contribution in [2.75, 3.05) is 0 Å². The molecule has 0 bridgehead atoms. The molecular formula is C14H25N. The van der Waals surface area contributed by atoms with Crippen LogP contribution in [0.25, 0.3) is 0 Å². The van der Waals surface area contributed by atoms with Gasteiger partial charge in [-0.05, 0) is 37.5 Å². The van der Waals surface area contributed by atoms with Crippen LogP contribution in [0.2, 0.25) is 0 Å². The number of hydrogen-bond acceptors (Lipinski definition) is 1. The Morgan fingerprint density at radius 2 is 2.20 bits per heavy atom. The van der Waals surface area contributed by atoms with Gasteiger partial charge in [0.15, 0.2) is 0 Å². The van der Waals surface area contributed by atoms with E-state index in [0.29, 0.717) is 11.8 Å². The Labute approximate surface area is 94.5 Å². The highest BCUT2D eigenvalue weighted by Crippen LogP contribution is 2.37. The van der Waals surface area contributed by atoms with E-state index in [-0.39, 0.29) is 5.41 Å². The quantitative estimate of drug-likeness (QED) is 0.521. The van der Waals surface area contributed by atoms with Gasteiger partial charge in [0, 0.05) is 11.1 Å². The second-order valence-electron chi connectivity index (χ2n) is 5.41. The van der Waals surface area contributed by atoms with Crippen molar-refractivity contribution in [1.29, 1.82) is 5.41 Å². The number of hydrogen-bond donors (Lipinski definition) is 1. The molecule has 0 aromatic rings. The number of allylic oxidation sites excluding steroid dienone is 2. The second-order valence-corrected chi connectivity index (χ2v) is 5.41. The molecule has 1 rings (SSSR count). The zero-order chi connectivity index (χ0) is 11.5. The van der Waals surface area contributed by atoms with Gasteiger partial charge in [0.2, 0.25) is 0 Å². The lowest BCUT2D eigenvalue weighted by Crippen LogP contribution is -2.35. The Morgan fingerprint density at radius 1 is 1.53 bits per heavy atom. The molecule has 1 heteroatoms. The summed E-state index contributed by atoms with van der Waals surface area (Å²) in [6.07, 6.45) is 9.48. The van der Waals surface area contributed by atoms with Crippen LogP contribution < -0.4 is 0 Å². The van der Waals surface area contributed by atoms with Crippen molar-refractivity contribution in [1.82, 2.24) is 0 Å². The Morgan fingerprint density at radius 3 is 2.67 bits per heavy atom.